The van der Waals surface area contributed by atoms with Gasteiger partial charge in [0, 0.05) is 5.92 Å². The molecule has 0 aromatic rings. The zero-order valence-electron chi connectivity index (χ0n) is 25.8. The standard InChI is InChI=1S/C28H54O5Si3/c1-26(2,3)34(10,11)31-20-18-16-17-19-21(20)23(30)25(33-36(14,15)28(7,8)9)24(22(19)29)32-35(12,13)27(4,5)6/h16,18-21,24-25H,17H2,1-15H3/t19-,20+,21-,24-,25-/m0/s1. The van der Waals surface area contributed by atoms with Crippen molar-refractivity contribution in [1.29, 1.82) is 0 Å². The quantitative estimate of drug-likeness (QED) is 0.251. The number of hydrogen-bond donors (Lipinski definition) is 0. The number of carbonyl (C=O) groups excluding carboxylic acids is 2. The van der Waals surface area contributed by atoms with Gasteiger partial charge in [0.2, 0.25) is 0 Å². The fourth-order valence-corrected chi connectivity index (χ4v) is 7.78. The molecule has 0 saturated heterocycles. The number of carbonyl (C=O) groups is 2. The molecule has 1 saturated carbocycles. The van der Waals surface area contributed by atoms with Crippen molar-refractivity contribution in [3.05, 3.63) is 12.2 Å². The highest BCUT2D eigenvalue weighted by molar-refractivity contribution is 6.75. The summed E-state index contributed by atoms with van der Waals surface area (Å²) in [7, 11) is -6.88. The number of rotatable bonds is 6. The average molecular weight is 555 g/mol. The summed E-state index contributed by atoms with van der Waals surface area (Å²) in [4.78, 5) is 28.6. The van der Waals surface area contributed by atoms with E-state index in [1.54, 1.807) is 0 Å². The molecule has 2 rings (SSSR count). The molecule has 0 bridgehead atoms. The second-order valence-electron chi connectivity index (χ2n) is 15.5. The van der Waals surface area contributed by atoms with Crippen LogP contribution in [0.15, 0.2) is 12.2 Å². The van der Waals surface area contributed by atoms with E-state index in [2.05, 4.69) is 102 Å². The summed E-state index contributed by atoms with van der Waals surface area (Å²) in [6, 6.07) is 0. The van der Waals surface area contributed by atoms with Crippen molar-refractivity contribution in [3.8, 4) is 0 Å². The van der Waals surface area contributed by atoms with Gasteiger partial charge in [-0.15, -0.1) is 0 Å². The lowest BCUT2D eigenvalue weighted by Gasteiger charge is -2.50. The third kappa shape index (κ3) is 6.25. The minimum Gasteiger partial charge on any atom is -0.410 e. The summed E-state index contributed by atoms with van der Waals surface area (Å²) < 4.78 is 20.3. The Hall–Kier alpha value is -0.389. The Morgan fingerprint density at radius 2 is 1.00 bits per heavy atom. The van der Waals surface area contributed by atoms with E-state index in [0.717, 1.165) is 0 Å². The number of ketones is 2. The molecule has 0 radical (unpaired) electrons. The van der Waals surface area contributed by atoms with Crippen LogP contribution in [0.2, 0.25) is 54.4 Å². The lowest BCUT2D eigenvalue weighted by Crippen LogP contribution is -2.65. The van der Waals surface area contributed by atoms with E-state index in [-0.39, 0.29) is 26.7 Å². The van der Waals surface area contributed by atoms with Gasteiger partial charge in [0.15, 0.2) is 36.5 Å². The van der Waals surface area contributed by atoms with Gasteiger partial charge in [-0.2, -0.15) is 0 Å². The Morgan fingerprint density at radius 3 is 1.39 bits per heavy atom. The lowest BCUT2D eigenvalue weighted by atomic mass is 9.68. The van der Waals surface area contributed by atoms with Gasteiger partial charge in [0.25, 0.3) is 0 Å². The summed E-state index contributed by atoms with van der Waals surface area (Å²) in [6.07, 6.45) is 2.46. The van der Waals surface area contributed by atoms with Crippen LogP contribution < -0.4 is 0 Å². The molecule has 0 amide bonds. The average Bonchev–Trinajstić information content (AvgIpc) is 2.65. The van der Waals surface area contributed by atoms with Crippen LogP contribution in [0.1, 0.15) is 68.7 Å². The second-order valence-corrected chi connectivity index (χ2v) is 29.8. The van der Waals surface area contributed by atoms with E-state index >= 15 is 0 Å². The maximum Gasteiger partial charge on any atom is 0.193 e. The highest BCUT2D eigenvalue weighted by Crippen LogP contribution is 2.46. The van der Waals surface area contributed by atoms with Crippen LogP contribution in [-0.4, -0.2) is 54.8 Å². The first kappa shape index (κ1) is 31.8. The van der Waals surface area contributed by atoms with Crippen LogP contribution in [0, 0.1) is 11.8 Å². The van der Waals surface area contributed by atoms with Crippen molar-refractivity contribution in [2.75, 3.05) is 0 Å². The molecule has 0 N–H and O–H groups in total. The Bertz CT molecular complexity index is 871. The zero-order valence-corrected chi connectivity index (χ0v) is 28.8. The molecule has 0 unspecified atom stereocenters. The van der Waals surface area contributed by atoms with E-state index in [4.69, 9.17) is 13.3 Å². The van der Waals surface area contributed by atoms with Crippen molar-refractivity contribution in [3.63, 3.8) is 0 Å². The van der Waals surface area contributed by atoms with Crippen molar-refractivity contribution in [1.82, 2.24) is 0 Å². The van der Waals surface area contributed by atoms with Crippen LogP contribution in [0.25, 0.3) is 0 Å². The Labute approximate surface area is 224 Å². The number of allylic oxidation sites excluding steroid dienone is 1. The predicted molar refractivity (Wildman–Crippen MR) is 157 cm³/mol. The molecule has 2 aliphatic carbocycles. The minimum atomic E-state index is -2.37. The zero-order chi connectivity index (χ0) is 28.3. The third-order valence-corrected chi connectivity index (χ3v) is 23.1. The molecule has 36 heavy (non-hydrogen) atoms. The summed E-state index contributed by atoms with van der Waals surface area (Å²) in [5.41, 5.74) is 0. The fraction of sp³-hybridized carbons (Fsp3) is 0.857. The van der Waals surface area contributed by atoms with Gasteiger partial charge in [0.05, 0.1) is 12.0 Å². The summed E-state index contributed by atoms with van der Waals surface area (Å²) in [5.74, 6) is -0.945. The first-order valence-electron chi connectivity index (χ1n) is 13.6. The Morgan fingerprint density at radius 1 is 0.639 bits per heavy atom. The first-order valence-corrected chi connectivity index (χ1v) is 22.3. The van der Waals surface area contributed by atoms with E-state index in [9.17, 15) is 9.59 Å². The number of hydrogen-bond acceptors (Lipinski definition) is 5. The number of fused-ring (bicyclic) bond motifs is 1. The van der Waals surface area contributed by atoms with E-state index in [1.165, 1.54) is 0 Å². The normalized spacial score (nSPS) is 28.9. The molecule has 5 nitrogen and oxygen atoms in total. The van der Waals surface area contributed by atoms with Crippen molar-refractivity contribution < 1.29 is 22.9 Å². The lowest BCUT2D eigenvalue weighted by molar-refractivity contribution is -0.160. The maximum atomic E-state index is 14.4. The molecule has 8 heteroatoms. The molecule has 2 aliphatic rings. The van der Waals surface area contributed by atoms with E-state index in [0.29, 0.717) is 6.42 Å². The maximum absolute atomic E-state index is 14.4. The first-order chi connectivity index (χ1) is 15.8. The van der Waals surface area contributed by atoms with E-state index < -0.39 is 55.1 Å². The monoisotopic (exact) mass is 554 g/mol. The predicted octanol–water partition coefficient (Wildman–Crippen LogP) is 7.50. The van der Waals surface area contributed by atoms with Gasteiger partial charge in [-0.25, -0.2) is 0 Å². The van der Waals surface area contributed by atoms with Crippen molar-refractivity contribution in [2.45, 2.75) is 141 Å². The van der Waals surface area contributed by atoms with Crippen LogP contribution in [-0.2, 0) is 22.9 Å². The van der Waals surface area contributed by atoms with Crippen molar-refractivity contribution in [2.24, 2.45) is 11.8 Å². The van der Waals surface area contributed by atoms with E-state index in [1.807, 2.05) is 12.2 Å². The third-order valence-electron chi connectivity index (χ3n) is 9.73. The minimum absolute atomic E-state index is 0.000523. The van der Waals surface area contributed by atoms with Gasteiger partial charge in [-0.3, -0.25) is 9.59 Å². The smallest absolute Gasteiger partial charge is 0.193 e. The van der Waals surface area contributed by atoms with Gasteiger partial charge in [-0.05, 0) is 60.8 Å². The Balaban J connectivity index is 2.57. The van der Waals surface area contributed by atoms with Gasteiger partial charge < -0.3 is 13.3 Å². The van der Waals surface area contributed by atoms with Gasteiger partial charge in [0.1, 0.15) is 12.2 Å². The molecule has 1 fully saturated rings. The topological polar surface area (TPSA) is 61.8 Å². The van der Waals surface area contributed by atoms with Crippen molar-refractivity contribution >= 4 is 36.5 Å². The summed E-state index contributed by atoms with van der Waals surface area (Å²) >= 11 is 0. The van der Waals surface area contributed by atoms with Crippen LogP contribution in [0.5, 0.6) is 0 Å². The molecule has 208 valence electrons. The molecule has 0 spiro atoms. The van der Waals surface area contributed by atoms with Gasteiger partial charge in [-0.1, -0.05) is 74.5 Å². The molecule has 0 aliphatic heterocycles. The molecule has 0 heterocycles. The largest absolute Gasteiger partial charge is 0.410 e. The van der Waals surface area contributed by atoms with Gasteiger partial charge >= 0.3 is 0 Å². The summed E-state index contributed by atoms with van der Waals surface area (Å²) in [5, 5.41) is -0.187. The molecule has 5 atom stereocenters. The highest BCUT2D eigenvalue weighted by Gasteiger charge is 2.58. The highest BCUT2D eigenvalue weighted by atomic mass is 28.4. The van der Waals surface area contributed by atoms with Crippen LogP contribution >= 0.6 is 0 Å². The molecular weight excluding hydrogens is 501 g/mol. The Kier molecular flexibility index (Phi) is 8.82. The second kappa shape index (κ2) is 9.97. The summed E-state index contributed by atoms with van der Waals surface area (Å²) in [6.45, 7) is 32.5. The molecule has 0 aromatic carbocycles. The SMILES string of the molecule is CC(C)(C)[Si](C)(C)O[C@@H]1C=CC[C@@H]2C(=O)[C@H](O[Si](C)(C)C(C)(C)C)[C@@H](O[Si](C)(C)C(C)(C)C)C(=O)[C@@H]21. The number of Topliss-reactive ketones (excluding diaryl/α,β-unsaturated/α-hetero) is 2. The molecular formula is C28H54O5Si3. The van der Waals surface area contributed by atoms with Crippen LogP contribution in [0.3, 0.4) is 0 Å². The van der Waals surface area contributed by atoms with Crippen LogP contribution in [0.4, 0.5) is 0 Å². The molecule has 0 aromatic heterocycles. The fourth-order valence-electron chi connectivity index (χ4n) is 4.06.